The fraction of sp³-hybridized carbons (Fsp3) is 0.474. The van der Waals surface area contributed by atoms with Gasteiger partial charge in [0.15, 0.2) is 0 Å². The zero-order valence-corrected chi connectivity index (χ0v) is 14.6. The van der Waals surface area contributed by atoms with E-state index >= 15 is 0 Å². The molecule has 0 spiro atoms. The predicted octanol–water partition coefficient (Wildman–Crippen LogP) is 2.39. The van der Waals surface area contributed by atoms with Crippen LogP contribution in [-0.4, -0.2) is 53.9 Å². The summed E-state index contributed by atoms with van der Waals surface area (Å²) in [5.41, 5.74) is 1.86. The fourth-order valence-corrected chi connectivity index (χ4v) is 3.46. The molecule has 0 radical (unpaired) electrons. The average Bonchev–Trinajstić information content (AvgIpc) is 2.81. The molecular formula is C19H25N3O2. The Morgan fingerprint density at radius 1 is 1.25 bits per heavy atom. The van der Waals surface area contributed by atoms with Gasteiger partial charge in [0.05, 0.1) is 0 Å². The minimum absolute atomic E-state index is 0.154. The van der Waals surface area contributed by atoms with Gasteiger partial charge < -0.3 is 14.8 Å². The van der Waals surface area contributed by atoms with Crippen molar-refractivity contribution in [2.75, 3.05) is 27.2 Å². The molecule has 3 rings (SSSR count). The van der Waals surface area contributed by atoms with Gasteiger partial charge >= 0.3 is 0 Å². The number of benzene rings is 1. The summed E-state index contributed by atoms with van der Waals surface area (Å²) in [5.74, 6) is -0.154. The molecule has 128 valence electrons. The Hall–Kier alpha value is -2.14. The predicted molar refractivity (Wildman–Crippen MR) is 96.5 cm³/mol. The van der Waals surface area contributed by atoms with Crippen molar-refractivity contribution in [1.82, 2.24) is 14.8 Å². The number of nitrogens with one attached hydrogen (secondary N) is 1. The number of carbonyl (C=O) groups is 1. The first-order chi connectivity index (χ1) is 11.5. The van der Waals surface area contributed by atoms with Crippen molar-refractivity contribution in [2.45, 2.75) is 32.2 Å². The number of aryl methyl sites for hydroxylation is 1. The summed E-state index contributed by atoms with van der Waals surface area (Å²) in [6.07, 6.45) is 4.57. The Labute approximate surface area is 142 Å². The lowest BCUT2D eigenvalue weighted by atomic mass is 10.1. The monoisotopic (exact) mass is 327 g/mol. The van der Waals surface area contributed by atoms with E-state index in [1.807, 2.05) is 30.0 Å². The Balaban J connectivity index is 1.89. The number of aromatic nitrogens is 1. The van der Waals surface area contributed by atoms with Crippen LogP contribution in [0.4, 0.5) is 0 Å². The van der Waals surface area contributed by atoms with E-state index in [2.05, 4.69) is 24.0 Å². The fourth-order valence-electron chi connectivity index (χ4n) is 3.46. The quantitative estimate of drug-likeness (QED) is 0.921. The van der Waals surface area contributed by atoms with Crippen molar-refractivity contribution in [2.24, 2.45) is 0 Å². The first kappa shape index (κ1) is 16.7. The number of nitrogens with zero attached hydrogens (tertiary/aromatic N) is 2. The van der Waals surface area contributed by atoms with E-state index in [4.69, 9.17) is 0 Å². The van der Waals surface area contributed by atoms with Gasteiger partial charge in [0, 0.05) is 36.2 Å². The van der Waals surface area contributed by atoms with Crippen LogP contribution in [0, 0.1) is 6.92 Å². The number of carbonyl (C=O) groups excluding carboxylic acids is 1. The standard InChI is InChI=1S/C19H25N3O2/c1-13-6-7-17-15(11-13)18(23)16(12-20-17)19(24)22-9-4-5-14(8-10-22)21(2)3/h6-7,11-12,14H,4-5,8-10H2,1-3H3,(H,20,23)/t14-/m0/s1. The summed E-state index contributed by atoms with van der Waals surface area (Å²) >= 11 is 0. The van der Waals surface area contributed by atoms with Crippen LogP contribution in [0.2, 0.25) is 0 Å². The molecule has 2 aromatic rings. The van der Waals surface area contributed by atoms with Crippen molar-refractivity contribution < 1.29 is 4.79 Å². The van der Waals surface area contributed by atoms with Gasteiger partial charge in [-0.1, -0.05) is 11.6 Å². The maximum absolute atomic E-state index is 12.9. The van der Waals surface area contributed by atoms with Gasteiger partial charge in [-0.05, 0) is 52.4 Å². The highest BCUT2D eigenvalue weighted by atomic mass is 16.2. The summed E-state index contributed by atoms with van der Waals surface area (Å²) in [7, 11) is 4.16. The molecule has 5 nitrogen and oxygen atoms in total. The van der Waals surface area contributed by atoms with Crippen molar-refractivity contribution >= 4 is 16.8 Å². The minimum Gasteiger partial charge on any atom is -0.360 e. The van der Waals surface area contributed by atoms with Crippen molar-refractivity contribution in [3.8, 4) is 0 Å². The summed E-state index contributed by atoms with van der Waals surface area (Å²) in [5, 5.41) is 0.585. The highest BCUT2D eigenvalue weighted by Crippen LogP contribution is 2.17. The third kappa shape index (κ3) is 3.22. The first-order valence-electron chi connectivity index (χ1n) is 8.55. The minimum atomic E-state index is -0.175. The number of amides is 1. The molecule has 24 heavy (non-hydrogen) atoms. The molecule has 1 atom stereocenters. The maximum Gasteiger partial charge on any atom is 0.259 e. The van der Waals surface area contributed by atoms with Crippen LogP contribution in [-0.2, 0) is 0 Å². The van der Waals surface area contributed by atoms with Crippen LogP contribution in [0.15, 0.2) is 29.2 Å². The lowest BCUT2D eigenvalue weighted by molar-refractivity contribution is 0.0757. The zero-order chi connectivity index (χ0) is 17.3. The highest BCUT2D eigenvalue weighted by Gasteiger charge is 2.24. The molecule has 1 aliphatic rings. The second-order valence-electron chi connectivity index (χ2n) is 6.92. The van der Waals surface area contributed by atoms with Crippen LogP contribution < -0.4 is 5.43 Å². The number of aromatic amines is 1. The van der Waals surface area contributed by atoms with Crippen LogP contribution in [0.1, 0.15) is 35.2 Å². The summed E-state index contributed by atoms with van der Waals surface area (Å²) in [6, 6.07) is 6.18. The number of hydrogen-bond acceptors (Lipinski definition) is 3. The zero-order valence-electron chi connectivity index (χ0n) is 14.6. The lowest BCUT2D eigenvalue weighted by Gasteiger charge is -2.23. The number of likely N-dealkylation sites (tertiary alicyclic amines) is 1. The van der Waals surface area contributed by atoms with Crippen molar-refractivity contribution in [1.29, 1.82) is 0 Å². The van der Waals surface area contributed by atoms with Gasteiger partial charge in [0.1, 0.15) is 5.56 Å². The van der Waals surface area contributed by atoms with Gasteiger partial charge in [-0.15, -0.1) is 0 Å². The number of fused-ring (bicyclic) bond motifs is 1. The molecule has 1 amide bonds. The van der Waals surface area contributed by atoms with E-state index in [1.165, 1.54) is 0 Å². The number of rotatable bonds is 2. The van der Waals surface area contributed by atoms with Crippen LogP contribution >= 0.6 is 0 Å². The molecular weight excluding hydrogens is 302 g/mol. The molecule has 1 fully saturated rings. The Bertz CT molecular complexity index is 810. The third-order valence-electron chi connectivity index (χ3n) is 4.98. The second kappa shape index (κ2) is 6.77. The number of pyridine rings is 1. The third-order valence-corrected chi connectivity index (χ3v) is 4.98. The summed E-state index contributed by atoms with van der Waals surface area (Å²) < 4.78 is 0. The largest absolute Gasteiger partial charge is 0.360 e. The molecule has 2 heterocycles. The molecule has 0 bridgehead atoms. The lowest BCUT2D eigenvalue weighted by Crippen LogP contribution is -2.36. The molecule has 0 aliphatic carbocycles. The number of H-pyrrole nitrogens is 1. The smallest absolute Gasteiger partial charge is 0.259 e. The topological polar surface area (TPSA) is 56.4 Å². The Morgan fingerprint density at radius 3 is 2.79 bits per heavy atom. The Kier molecular flexibility index (Phi) is 4.71. The van der Waals surface area contributed by atoms with Crippen LogP contribution in [0.25, 0.3) is 10.9 Å². The highest BCUT2D eigenvalue weighted by molar-refractivity contribution is 5.97. The van der Waals surface area contributed by atoms with E-state index in [1.54, 1.807) is 6.20 Å². The normalized spacial score (nSPS) is 18.8. The number of hydrogen-bond donors (Lipinski definition) is 1. The average molecular weight is 327 g/mol. The van der Waals surface area contributed by atoms with Gasteiger partial charge in [-0.3, -0.25) is 9.59 Å². The maximum atomic E-state index is 12.9. The van der Waals surface area contributed by atoms with Gasteiger partial charge in [-0.25, -0.2) is 0 Å². The van der Waals surface area contributed by atoms with Crippen LogP contribution in [0.3, 0.4) is 0 Å². The SMILES string of the molecule is Cc1ccc2[nH]cc(C(=O)N3CCC[C@H](N(C)C)CC3)c(=O)c2c1. The summed E-state index contributed by atoms with van der Waals surface area (Å²) in [4.78, 5) is 32.8. The second-order valence-corrected chi connectivity index (χ2v) is 6.92. The van der Waals surface area contributed by atoms with E-state index in [0.29, 0.717) is 24.5 Å². The van der Waals surface area contributed by atoms with Gasteiger partial charge in [0.2, 0.25) is 5.43 Å². The van der Waals surface area contributed by atoms with Gasteiger partial charge in [0.25, 0.3) is 5.91 Å². The van der Waals surface area contributed by atoms with E-state index in [-0.39, 0.29) is 16.9 Å². The first-order valence-corrected chi connectivity index (χ1v) is 8.55. The van der Waals surface area contributed by atoms with Crippen molar-refractivity contribution in [3.63, 3.8) is 0 Å². The summed E-state index contributed by atoms with van der Waals surface area (Å²) in [6.45, 7) is 3.37. The molecule has 1 N–H and O–H groups in total. The molecule has 0 unspecified atom stereocenters. The van der Waals surface area contributed by atoms with E-state index < -0.39 is 0 Å². The van der Waals surface area contributed by atoms with E-state index in [9.17, 15) is 9.59 Å². The van der Waals surface area contributed by atoms with E-state index in [0.717, 1.165) is 30.3 Å². The Morgan fingerprint density at radius 2 is 2.04 bits per heavy atom. The van der Waals surface area contributed by atoms with Crippen LogP contribution in [0.5, 0.6) is 0 Å². The molecule has 0 saturated carbocycles. The molecule has 1 saturated heterocycles. The molecule has 5 heteroatoms. The molecule has 1 aromatic carbocycles. The van der Waals surface area contributed by atoms with Crippen molar-refractivity contribution in [3.05, 3.63) is 45.7 Å². The molecule has 1 aromatic heterocycles. The van der Waals surface area contributed by atoms with Gasteiger partial charge in [-0.2, -0.15) is 0 Å². The molecule has 1 aliphatic heterocycles.